The molecule has 0 heterocycles. The van der Waals surface area contributed by atoms with Crippen molar-refractivity contribution in [3.8, 4) is 5.75 Å². The minimum absolute atomic E-state index is 0.00798. The summed E-state index contributed by atoms with van der Waals surface area (Å²) in [7, 11) is 0. The zero-order valence-electron chi connectivity index (χ0n) is 12.3. The Morgan fingerprint density at radius 2 is 1.78 bits per heavy atom. The Balaban J connectivity index is 2.73. The van der Waals surface area contributed by atoms with E-state index >= 15 is 0 Å². The van der Waals surface area contributed by atoms with Crippen molar-refractivity contribution < 1.29 is 19.4 Å². The molecule has 0 radical (unpaired) electrons. The Hall–Kier alpha value is -0.880. The van der Waals surface area contributed by atoms with Gasteiger partial charge in [-0.15, -0.1) is 0 Å². The van der Waals surface area contributed by atoms with E-state index in [1.807, 2.05) is 13.8 Å². The fraction of sp³-hybridized carbons (Fsp3) is 0.429. The van der Waals surface area contributed by atoms with Crippen LogP contribution in [0, 0.1) is 5.92 Å². The third-order valence-corrected chi connectivity index (χ3v) is 4.29. The van der Waals surface area contributed by atoms with Crippen LogP contribution in [0.15, 0.2) is 6.07 Å². The standard InChI is InChI=1S/C14H15Cl4NO4/c1-6(2)3-9(14(21)22)19-10(20)5-23-13-8(16)4-7(15)11(17)12(13)18/h4,6,9H,3,5H2,1-2H3,(H,19,20)(H,21,22). The molecule has 0 aliphatic carbocycles. The molecule has 0 saturated carbocycles. The number of aliphatic carboxylic acids is 1. The lowest BCUT2D eigenvalue weighted by molar-refractivity contribution is -0.142. The van der Waals surface area contributed by atoms with Crippen LogP contribution in [0.4, 0.5) is 0 Å². The maximum Gasteiger partial charge on any atom is 0.326 e. The number of amides is 1. The van der Waals surface area contributed by atoms with E-state index in [2.05, 4.69) is 5.32 Å². The van der Waals surface area contributed by atoms with E-state index in [-0.39, 0.29) is 31.8 Å². The Morgan fingerprint density at radius 3 is 2.30 bits per heavy atom. The topological polar surface area (TPSA) is 75.6 Å². The van der Waals surface area contributed by atoms with Gasteiger partial charge in [-0.1, -0.05) is 60.3 Å². The molecule has 1 amide bonds. The van der Waals surface area contributed by atoms with Crippen LogP contribution in [-0.2, 0) is 9.59 Å². The van der Waals surface area contributed by atoms with Crippen LogP contribution in [0.25, 0.3) is 0 Å². The van der Waals surface area contributed by atoms with Crippen molar-refractivity contribution in [3.05, 3.63) is 26.2 Å². The fourth-order valence-corrected chi connectivity index (χ4v) is 2.76. The first kappa shape index (κ1) is 20.2. The summed E-state index contributed by atoms with van der Waals surface area (Å²) in [5.74, 6) is -1.61. The monoisotopic (exact) mass is 401 g/mol. The highest BCUT2D eigenvalue weighted by molar-refractivity contribution is 6.50. The lowest BCUT2D eigenvalue weighted by Gasteiger charge is -2.17. The maximum atomic E-state index is 11.8. The summed E-state index contributed by atoms with van der Waals surface area (Å²) in [6, 6.07) is 0.342. The van der Waals surface area contributed by atoms with Gasteiger partial charge in [0.2, 0.25) is 0 Å². The van der Waals surface area contributed by atoms with Gasteiger partial charge < -0.3 is 15.2 Å². The summed E-state index contributed by atoms with van der Waals surface area (Å²) < 4.78 is 5.24. The van der Waals surface area contributed by atoms with E-state index < -0.39 is 24.5 Å². The van der Waals surface area contributed by atoms with Gasteiger partial charge >= 0.3 is 5.97 Å². The Kier molecular flexibility index (Phi) is 7.74. The van der Waals surface area contributed by atoms with Crippen LogP contribution in [0.5, 0.6) is 5.75 Å². The number of ether oxygens (including phenoxy) is 1. The highest BCUT2D eigenvalue weighted by atomic mass is 35.5. The largest absolute Gasteiger partial charge is 0.481 e. The van der Waals surface area contributed by atoms with Crippen LogP contribution < -0.4 is 10.1 Å². The van der Waals surface area contributed by atoms with Gasteiger partial charge in [-0.3, -0.25) is 4.79 Å². The number of carboxylic acid groups (broad SMARTS) is 1. The lowest BCUT2D eigenvalue weighted by atomic mass is 10.0. The van der Waals surface area contributed by atoms with E-state index in [9.17, 15) is 9.59 Å². The molecular formula is C14H15Cl4NO4. The highest BCUT2D eigenvalue weighted by Crippen LogP contribution is 2.42. The molecule has 0 saturated heterocycles. The molecule has 23 heavy (non-hydrogen) atoms. The summed E-state index contributed by atoms with van der Waals surface area (Å²) in [5, 5.41) is 11.7. The van der Waals surface area contributed by atoms with Crippen LogP contribution in [0.3, 0.4) is 0 Å². The predicted molar refractivity (Wildman–Crippen MR) is 91.0 cm³/mol. The summed E-state index contributed by atoms with van der Waals surface area (Å²) in [5.41, 5.74) is 0. The van der Waals surface area contributed by atoms with Gasteiger partial charge in [0, 0.05) is 0 Å². The van der Waals surface area contributed by atoms with E-state index in [1.165, 1.54) is 6.07 Å². The van der Waals surface area contributed by atoms with Crippen molar-refractivity contribution in [3.63, 3.8) is 0 Å². The normalized spacial score (nSPS) is 12.1. The molecule has 1 aromatic carbocycles. The van der Waals surface area contributed by atoms with E-state index in [0.29, 0.717) is 6.42 Å². The SMILES string of the molecule is CC(C)CC(NC(=O)COc1c(Cl)cc(Cl)c(Cl)c1Cl)C(=O)O. The summed E-state index contributed by atoms with van der Waals surface area (Å²) >= 11 is 23.6. The zero-order chi connectivity index (χ0) is 17.7. The van der Waals surface area contributed by atoms with Crippen molar-refractivity contribution in [2.75, 3.05) is 6.61 Å². The Bertz CT molecular complexity index is 607. The Morgan fingerprint density at radius 1 is 1.17 bits per heavy atom. The first-order valence-corrected chi connectivity index (χ1v) is 8.12. The zero-order valence-corrected chi connectivity index (χ0v) is 15.4. The van der Waals surface area contributed by atoms with Gasteiger partial charge in [-0.25, -0.2) is 4.79 Å². The molecule has 0 aromatic heterocycles. The average molecular weight is 403 g/mol. The molecule has 0 fully saturated rings. The Labute approximate surface area is 153 Å². The van der Waals surface area contributed by atoms with Crippen molar-refractivity contribution in [1.29, 1.82) is 0 Å². The number of benzene rings is 1. The molecular weight excluding hydrogens is 388 g/mol. The van der Waals surface area contributed by atoms with Crippen LogP contribution in [0.2, 0.25) is 20.1 Å². The van der Waals surface area contributed by atoms with Crippen molar-refractivity contribution in [1.82, 2.24) is 5.32 Å². The van der Waals surface area contributed by atoms with E-state index in [0.717, 1.165) is 0 Å². The third kappa shape index (κ3) is 5.92. The minimum atomic E-state index is -1.11. The average Bonchev–Trinajstić information content (AvgIpc) is 2.43. The quantitative estimate of drug-likeness (QED) is 0.526. The van der Waals surface area contributed by atoms with Gasteiger partial charge in [0.15, 0.2) is 12.4 Å². The number of carboxylic acids is 1. The molecule has 1 atom stereocenters. The van der Waals surface area contributed by atoms with Crippen LogP contribution in [0.1, 0.15) is 20.3 Å². The number of carbonyl (C=O) groups is 2. The van der Waals surface area contributed by atoms with Gasteiger partial charge in [-0.05, 0) is 18.4 Å². The van der Waals surface area contributed by atoms with Gasteiger partial charge in [0.1, 0.15) is 11.1 Å². The first-order valence-electron chi connectivity index (χ1n) is 6.61. The number of rotatable bonds is 7. The van der Waals surface area contributed by atoms with Crippen molar-refractivity contribution in [2.45, 2.75) is 26.3 Å². The molecule has 0 bridgehead atoms. The number of hydrogen-bond acceptors (Lipinski definition) is 3. The second kappa shape index (κ2) is 8.83. The maximum absolute atomic E-state index is 11.8. The first-order chi connectivity index (χ1) is 10.6. The van der Waals surface area contributed by atoms with Crippen LogP contribution in [-0.4, -0.2) is 29.6 Å². The van der Waals surface area contributed by atoms with E-state index in [1.54, 1.807) is 0 Å². The second-order valence-electron chi connectivity index (χ2n) is 5.17. The smallest absolute Gasteiger partial charge is 0.326 e. The van der Waals surface area contributed by atoms with E-state index in [4.69, 9.17) is 56.2 Å². The number of nitrogens with one attached hydrogen (secondary N) is 1. The summed E-state index contributed by atoms with van der Waals surface area (Å²) in [4.78, 5) is 22.9. The molecule has 0 aliphatic heterocycles. The highest BCUT2D eigenvalue weighted by Gasteiger charge is 2.22. The lowest BCUT2D eigenvalue weighted by Crippen LogP contribution is -2.43. The minimum Gasteiger partial charge on any atom is -0.481 e. The van der Waals surface area contributed by atoms with Gasteiger partial charge in [0.05, 0.1) is 15.1 Å². The van der Waals surface area contributed by atoms with Crippen molar-refractivity contribution in [2.24, 2.45) is 5.92 Å². The number of halogens is 4. The molecule has 2 N–H and O–H groups in total. The molecule has 5 nitrogen and oxygen atoms in total. The summed E-state index contributed by atoms with van der Waals surface area (Å²) in [6.07, 6.45) is 0.301. The molecule has 9 heteroatoms. The number of carbonyl (C=O) groups excluding carboxylic acids is 1. The van der Waals surface area contributed by atoms with Crippen molar-refractivity contribution >= 4 is 58.3 Å². The molecule has 1 unspecified atom stereocenters. The molecule has 1 aromatic rings. The predicted octanol–water partition coefficient (Wildman–Crippen LogP) is 4.29. The number of hydrogen-bond donors (Lipinski definition) is 2. The molecule has 1 rings (SSSR count). The molecule has 128 valence electrons. The van der Waals surface area contributed by atoms with Gasteiger partial charge in [-0.2, -0.15) is 0 Å². The molecule has 0 aliphatic rings. The van der Waals surface area contributed by atoms with Crippen LogP contribution >= 0.6 is 46.4 Å². The molecule has 0 spiro atoms. The fourth-order valence-electron chi connectivity index (χ4n) is 1.75. The summed E-state index contributed by atoms with van der Waals surface area (Å²) in [6.45, 7) is 3.25. The second-order valence-corrected chi connectivity index (χ2v) is 6.74. The third-order valence-electron chi connectivity index (χ3n) is 2.76. The van der Waals surface area contributed by atoms with Gasteiger partial charge in [0.25, 0.3) is 5.91 Å².